The molecule has 0 spiro atoms. The molecule has 0 amide bonds. The third-order valence-electron chi connectivity index (χ3n) is 3.21. The molecule has 0 saturated carbocycles. The molecule has 2 rings (SSSR count). The van der Waals surface area contributed by atoms with Crippen LogP contribution in [0.1, 0.15) is 12.8 Å². The molecular formula is C11H14N2O6S. The molecule has 1 fully saturated rings. The van der Waals surface area contributed by atoms with E-state index in [0.717, 1.165) is 16.4 Å². The van der Waals surface area contributed by atoms with Gasteiger partial charge in [0, 0.05) is 38.1 Å². The average molecular weight is 302 g/mol. The van der Waals surface area contributed by atoms with Gasteiger partial charge in [0.15, 0.2) is 5.79 Å². The van der Waals surface area contributed by atoms with Crippen molar-refractivity contribution in [3.05, 3.63) is 34.4 Å². The maximum absolute atomic E-state index is 12.3. The number of hydrogen-bond donors (Lipinski definition) is 2. The Kier molecular flexibility index (Phi) is 3.78. The summed E-state index contributed by atoms with van der Waals surface area (Å²) in [6.45, 7) is -0.0152. The molecule has 0 atom stereocenters. The van der Waals surface area contributed by atoms with Crippen molar-refractivity contribution in [3.8, 4) is 0 Å². The highest BCUT2D eigenvalue weighted by Crippen LogP contribution is 2.25. The van der Waals surface area contributed by atoms with E-state index in [1.54, 1.807) is 0 Å². The molecule has 9 heteroatoms. The van der Waals surface area contributed by atoms with Crippen molar-refractivity contribution in [2.75, 3.05) is 13.1 Å². The van der Waals surface area contributed by atoms with Crippen molar-refractivity contribution in [1.29, 1.82) is 0 Å². The van der Waals surface area contributed by atoms with Crippen LogP contribution in [0.5, 0.6) is 0 Å². The molecule has 2 N–H and O–H groups in total. The first-order chi connectivity index (χ1) is 9.22. The van der Waals surface area contributed by atoms with Crippen molar-refractivity contribution in [2.45, 2.75) is 23.5 Å². The van der Waals surface area contributed by atoms with Crippen LogP contribution in [0.15, 0.2) is 29.2 Å². The lowest BCUT2D eigenvalue weighted by atomic mass is 10.1. The van der Waals surface area contributed by atoms with Gasteiger partial charge in [-0.25, -0.2) is 8.42 Å². The number of nitro benzene ring substituents is 1. The zero-order valence-electron chi connectivity index (χ0n) is 10.5. The number of rotatable bonds is 3. The Morgan fingerprint density at radius 3 is 2.10 bits per heavy atom. The number of nitrogens with zero attached hydrogens (tertiary/aromatic N) is 2. The number of aliphatic hydroxyl groups is 2. The number of piperidine rings is 1. The molecule has 1 aromatic rings. The van der Waals surface area contributed by atoms with Crippen LogP contribution in [0, 0.1) is 10.1 Å². The van der Waals surface area contributed by atoms with Crippen LogP contribution in [0.3, 0.4) is 0 Å². The van der Waals surface area contributed by atoms with Crippen LogP contribution < -0.4 is 0 Å². The molecule has 0 unspecified atom stereocenters. The van der Waals surface area contributed by atoms with Gasteiger partial charge in [-0.3, -0.25) is 10.1 Å². The number of benzene rings is 1. The minimum atomic E-state index is -3.77. The Hall–Kier alpha value is -1.55. The van der Waals surface area contributed by atoms with Crippen LogP contribution in [0.4, 0.5) is 5.69 Å². The second-order valence-electron chi connectivity index (χ2n) is 4.64. The van der Waals surface area contributed by atoms with Gasteiger partial charge in [-0.15, -0.1) is 0 Å². The molecule has 1 aliphatic heterocycles. The van der Waals surface area contributed by atoms with E-state index < -0.39 is 20.7 Å². The SMILES string of the molecule is O=[N+]([O-])c1ccc(S(=O)(=O)N2CCC(O)(O)CC2)cc1. The van der Waals surface area contributed by atoms with Gasteiger partial charge in [0.1, 0.15) is 0 Å². The number of nitro groups is 1. The summed E-state index contributed by atoms with van der Waals surface area (Å²) in [7, 11) is -3.77. The fourth-order valence-corrected chi connectivity index (χ4v) is 3.42. The first kappa shape index (κ1) is 14.9. The lowest BCUT2D eigenvalue weighted by Crippen LogP contribution is -2.46. The first-order valence-corrected chi connectivity index (χ1v) is 7.36. The molecule has 8 nitrogen and oxygen atoms in total. The maximum Gasteiger partial charge on any atom is 0.269 e. The van der Waals surface area contributed by atoms with E-state index in [4.69, 9.17) is 0 Å². The fraction of sp³-hybridized carbons (Fsp3) is 0.455. The lowest BCUT2D eigenvalue weighted by molar-refractivity contribution is -0.384. The van der Waals surface area contributed by atoms with Gasteiger partial charge >= 0.3 is 0 Å². The minimum Gasteiger partial charge on any atom is -0.366 e. The smallest absolute Gasteiger partial charge is 0.269 e. The topological polar surface area (TPSA) is 121 Å². The largest absolute Gasteiger partial charge is 0.366 e. The lowest BCUT2D eigenvalue weighted by Gasteiger charge is -2.33. The zero-order valence-corrected chi connectivity index (χ0v) is 11.3. The van der Waals surface area contributed by atoms with E-state index in [1.807, 2.05) is 0 Å². The van der Waals surface area contributed by atoms with Gasteiger partial charge in [-0.1, -0.05) is 0 Å². The molecule has 1 aliphatic rings. The monoisotopic (exact) mass is 302 g/mol. The Balaban J connectivity index is 2.20. The summed E-state index contributed by atoms with van der Waals surface area (Å²) in [6.07, 6.45) is -0.140. The third kappa shape index (κ3) is 2.96. The second-order valence-corrected chi connectivity index (χ2v) is 6.58. The number of sulfonamides is 1. The predicted molar refractivity (Wildman–Crippen MR) is 68.3 cm³/mol. The summed E-state index contributed by atoms with van der Waals surface area (Å²) < 4.78 is 25.7. The average Bonchev–Trinajstić information content (AvgIpc) is 2.38. The fourth-order valence-electron chi connectivity index (χ4n) is 1.97. The summed E-state index contributed by atoms with van der Waals surface area (Å²) in [5.74, 6) is -1.83. The minimum absolute atomic E-state index is 0.00762. The standard InChI is InChI=1S/C11H14N2O6S/c14-11(15)5-7-12(8-6-11)20(18,19)10-3-1-9(2-4-10)13(16)17/h1-4,14-15H,5-8H2. The molecule has 1 aromatic carbocycles. The normalized spacial score (nSPS) is 19.7. The van der Waals surface area contributed by atoms with E-state index in [2.05, 4.69) is 0 Å². The highest BCUT2D eigenvalue weighted by atomic mass is 32.2. The third-order valence-corrected chi connectivity index (χ3v) is 5.12. The van der Waals surface area contributed by atoms with E-state index in [-0.39, 0.29) is 36.5 Å². The van der Waals surface area contributed by atoms with Crippen LogP contribution in [-0.4, -0.2) is 46.7 Å². The summed E-state index contributed by atoms with van der Waals surface area (Å²) in [5, 5.41) is 29.3. The maximum atomic E-state index is 12.3. The molecule has 1 heterocycles. The van der Waals surface area contributed by atoms with E-state index in [0.29, 0.717) is 0 Å². The Bertz CT molecular complexity index is 600. The Labute approximate surface area is 115 Å². The van der Waals surface area contributed by atoms with Crippen molar-refractivity contribution >= 4 is 15.7 Å². The van der Waals surface area contributed by atoms with Gasteiger partial charge in [0.05, 0.1) is 9.82 Å². The van der Waals surface area contributed by atoms with E-state index >= 15 is 0 Å². The Morgan fingerprint density at radius 1 is 1.15 bits per heavy atom. The van der Waals surface area contributed by atoms with Gasteiger partial charge in [-0.2, -0.15) is 4.31 Å². The van der Waals surface area contributed by atoms with Crippen molar-refractivity contribution in [3.63, 3.8) is 0 Å². The van der Waals surface area contributed by atoms with E-state index in [9.17, 15) is 28.7 Å². The Morgan fingerprint density at radius 2 is 1.65 bits per heavy atom. The molecule has 0 aromatic heterocycles. The second kappa shape index (κ2) is 5.09. The van der Waals surface area contributed by atoms with Gasteiger partial charge in [0.25, 0.3) is 5.69 Å². The molecule has 0 radical (unpaired) electrons. The van der Waals surface area contributed by atoms with Crippen LogP contribution in [0.25, 0.3) is 0 Å². The molecule has 0 bridgehead atoms. The molecule has 0 aliphatic carbocycles. The van der Waals surface area contributed by atoms with Crippen LogP contribution >= 0.6 is 0 Å². The number of non-ortho nitro benzene ring substituents is 1. The van der Waals surface area contributed by atoms with Gasteiger partial charge < -0.3 is 10.2 Å². The number of hydrogen-bond acceptors (Lipinski definition) is 6. The quantitative estimate of drug-likeness (QED) is 0.462. The molecule has 110 valence electrons. The van der Waals surface area contributed by atoms with Crippen molar-refractivity contribution in [2.24, 2.45) is 0 Å². The first-order valence-electron chi connectivity index (χ1n) is 5.92. The highest BCUT2D eigenvalue weighted by Gasteiger charge is 2.35. The highest BCUT2D eigenvalue weighted by molar-refractivity contribution is 7.89. The van der Waals surface area contributed by atoms with Crippen LogP contribution in [-0.2, 0) is 10.0 Å². The predicted octanol–water partition coefficient (Wildman–Crippen LogP) is 0.0602. The summed E-state index contributed by atoms with van der Waals surface area (Å²) in [5.41, 5.74) is -0.188. The summed E-state index contributed by atoms with van der Waals surface area (Å²) in [4.78, 5) is 9.87. The van der Waals surface area contributed by atoms with E-state index in [1.165, 1.54) is 12.1 Å². The molecule has 1 saturated heterocycles. The van der Waals surface area contributed by atoms with Gasteiger partial charge in [-0.05, 0) is 12.1 Å². The van der Waals surface area contributed by atoms with Gasteiger partial charge in [0.2, 0.25) is 10.0 Å². The van der Waals surface area contributed by atoms with Crippen LogP contribution in [0.2, 0.25) is 0 Å². The summed E-state index contributed by atoms with van der Waals surface area (Å²) in [6, 6.07) is 4.60. The van der Waals surface area contributed by atoms with Crippen molar-refractivity contribution in [1.82, 2.24) is 4.31 Å². The van der Waals surface area contributed by atoms with Crippen molar-refractivity contribution < 1.29 is 23.6 Å². The molecular weight excluding hydrogens is 288 g/mol. The summed E-state index contributed by atoms with van der Waals surface area (Å²) >= 11 is 0. The zero-order chi connectivity index (χ0) is 15.0. The molecule has 20 heavy (non-hydrogen) atoms.